The lowest BCUT2D eigenvalue weighted by Gasteiger charge is -2.27. The van der Waals surface area contributed by atoms with Crippen molar-refractivity contribution in [2.45, 2.75) is 51.6 Å². The quantitative estimate of drug-likeness (QED) is 0.521. The van der Waals surface area contributed by atoms with Crippen LogP contribution in [-0.4, -0.2) is 50.2 Å². The summed E-state index contributed by atoms with van der Waals surface area (Å²) in [4.78, 5) is 13.9. The Balaban J connectivity index is 3.97. The van der Waals surface area contributed by atoms with E-state index < -0.39 is 5.54 Å². The first kappa shape index (κ1) is 16.4. The molecule has 0 aromatic heterocycles. The molecular weight excluding hydrogens is 216 g/mol. The van der Waals surface area contributed by atoms with Crippen molar-refractivity contribution in [2.75, 3.05) is 27.7 Å². The predicted octanol–water partition coefficient (Wildman–Crippen LogP) is 1.65. The van der Waals surface area contributed by atoms with Crippen molar-refractivity contribution in [1.29, 1.82) is 0 Å². The Kier molecular flexibility index (Phi) is 7.39. The van der Waals surface area contributed by atoms with Gasteiger partial charge in [0.05, 0.1) is 7.11 Å². The minimum Gasteiger partial charge on any atom is -0.468 e. The predicted molar refractivity (Wildman–Crippen MR) is 71.1 cm³/mol. The maximum absolute atomic E-state index is 11.6. The zero-order chi connectivity index (χ0) is 13.5. The van der Waals surface area contributed by atoms with Crippen LogP contribution in [0.25, 0.3) is 0 Å². The third-order valence-corrected chi connectivity index (χ3v) is 3.51. The van der Waals surface area contributed by atoms with E-state index in [1.54, 1.807) is 7.05 Å². The summed E-state index contributed by atoms with van der Waals surface area (Å²) in [5.74, 6) is -0.183. The molecule has 0 aliphatic rings. The van der Waals surface area contributed by atoms with Gasteiger partial charge in [0, 0.05) is 6.04 Å². The Bertz CT molecular complexity index is 231. The third-order valence-electron chi connectivity index (χ3n) is 3.51. The van der Waals surface area contributed by atoms with Gasteiger partial charge in [0.1, 0.15) is 5.54 Å². The first-order valence-electron chi connectivity index (χ1n) is 6.35. The molecule has 0 radical (unpaired) electrons. The number of carbonyl (C=O) groups excluding carboxylic acids is 1. The summed E-state index contributed by atoms with van der Waals surface area (Å²) >= 11 is 0. The van der Waals surface area contributed by atoms with Crippen LogP contribution in [0.3, 0.4) is 0 Å². The van der Waals surface area contributed by atoms with Crippen LogP contribution >= 0.6 is 0 Å². The van der Waals surface area contributed by atoms with Gasteiger partial charge in [0.15, 0.2) is 0 Å². The molecule has 0 bridgehead atoms. The van der Waals surface area contributed by atoms with Gasteiger partial charge in [-0.3, -0.25) is 4.79 Å². The highest BCUT2D eigenvalue weighted by molar-refractivity contribution is 5.80. The number of hydrogen-bond donors (Lipinski definition) is 1. The molecule has 102 valence electrons. The van der Waals surface area contributed by atoms with Crippen LogP contribution in [0.5, 0.6) is 0 Å². The lowest BCUT2D eigenvalue weighted by atomic mass is 9.95. The van der Waals surface area contributed by atoms with E-state index in [-0.39, 0.29) is 5.97 Å². The number of nitrogens with zero attached hydrogens (tertiary/aromatic N) is 1. The van der Waals surface area contributed by atoms with Gasteiger partial charge in [0.2, 0.25) is 0 Å². The lowest BCUT2D eigenvalue weighted by Crippen LogP contribution is -2.48. The van der Waals surface area contributed by atoms with E-state index in [9.17, 15) is 4.79 Å². The number of ether oxygens (including phenoxy) is 1. The monoisotopic (exact) mass is 244 g/mol. The molecule has 0 amide bonds. The van der Waals surface area contributed by atoms with Crippen molar-refractivity contribution in [3.8, 4) is 0 Å². The topological polar surface area (TPSA) is 41.6 Å². The molecule has 0 fully saturated rings. The van der Waals surface area contributed by atoms with Crippen molar-refractivity contribution in [2.24, 2.45) is 0 Å². The number of methoxy groups -OCH3 is 1. The van der Waals surface area contributed by atoms with Crippen LogP contribution in [0.1, 0.15) is 40.0 Å². The summed E-state index contributed by atoms with van der Waals surface area (Å²) in [7, 11) is 5.36. The van der Waals surface area contributed by atoms with Gasteiger partial charge in [-0.05, 0) is 60.7 Å². The maximum atomic E-state index is 11.6. The average Bonchev–Trinajstić information content (AvgIpc) is 2.32. The Morgan fingerprint density at radius 2 is 2.00 bits per heavy atom. The van der Waals surface area contributed by atoms with Crippen LogP contribution in [-0.2, 0) is 9.53 Å². The standard InChI is InChI=1S/C13H28N2O2/c1-11(2)15(5)10-8-7-9-13(3,14-4)12(16)17-6/h11,14H,7-10H2,1-6H3. The molecule has 0 saturated carbocycles. The van der Waals surface area contributed by atoms with Crippen molar-refractivity contribution in [1.82, 2.24) is 10.2 Å². The van der Waals surface area contributed by atoms with Crippen LogP contribution in [0, 0.1) is 0 Å². The lowest BCUT2D eigenvalue weighted by molar-refractivity contribution is -0.148. The molecule has 4 nitrogen and oxygen atoms in total. The molecule has 0 aliphatic carbocycles. The number of carbonyl (C=O) groups is 1. The molecule has 1 unspecified atom stereocenters. The van der Waals surface area contributed by atoms with Gasteiger partial charge in [-0.2, -0.15) is 0 Å². The molecule has 17 heavy (non-hydrogen) atoms. The number of likely N-dealkylation sites (N-methyl/N-ethyl adjacent to an activating group) is 1. The second-order valence-corrected chi connectivity index (χ2v) is 5.11. The molecular formula is C13H28N2O2. The van der Waals surface area contributed by atoms with E-state index >= 15 is 0 Å². The molecule has 1 atom stereocenters. The summed E-state index contributed by atoms with van der Waals surface area (Å²) in [6.07, 6.45) is 2.93. The normalized spacial score (nSPS) is 15.1. The van der Waals surface area contributed by atoms with Crippen LogP contribution in [0.2, 0.25) is 0 Å². The fraction of sp³-hybridized carbons (Fsp3) is 0.923. The summed E-state index contributed by atoms with van der Waals surface area (Å²) in [5.41, 5.74) is -0.550. The van der Waals surface area contributed by atoms with Crippen LogP contribution in [0.4, 0.5) is 0 Å². The smallest absolute Gasteiger partial charge is 0.325 e. The summed E-state index contributed by atoms with van der Waals surface area (Å²) < 4.78 is 4.81. The number of nitrogens with one attached hydrogen (secondary N) is 1. The van der Waals surface area contributed by atoms with E-state index in [4.69, 9.17) is 4.74 Å². The fourth-order valence-electron chi connectivity index (χ4n) is 1.65. The number of rotatable bonds is 8. The number of esters is 1. The van der Waals surface area contributed by atoms with Gasteiger partial charge in [-0.1, -0.05) is 0 Å². The molecule has 4 heteroatoms. The SMILES string of the molecule is CNC(C)(CCCCN(C)C(C)C)C(=O)OC. The van der Waals surface area contributed by atoms with Crippen LogP contribution < -0.4 is 5.32 Å². The molecule has 0 rings (SSSR count). The fourth-order valence-corrected chi connectivity index (χ4v) is 1.65. The Morgan fingerprint density at radius 3 is 2.41 bits per heavy atom. The molecule has 0 aliphatic heterocycles. The molecule has 0 aromatic rings. The van der Waals surface area contributed by atoms with E-state index in [0.717, 1.165) is 25.8 Å². The van der Waals surface area contributed by atoms with Crippen molar-refractivity contribution in [3.63, 3.8) is 0 Å². The van der Waals surface area contributed by atoms with Crippen molar-refractivity contribution >= 4 is 5.97 Å². The molecule has 0 aromatic carbocycles. The van der Waals surface area contributed by atoms with Gasteiger partial charge in [-0.15, -0.1) is 0 Å². The van der Waals surface area contributed by atoms with E-state index in [1.807, 2.05) is 6.92 Å². The molecule has 0 spiro atoms. The van der Waals surface area contributed by atoms with Gasteiger partial charge >= 0.3 is 5.97 Å². The highest BCUT2D eigenvalue weighted by atomic mass is 16.5. The Hall–Kier alpha value is -0.610. The molecule has 1 N–H and O–H groups in total. The number of unbranched alkanes of at least 4 members (excludes halogenated alkanes) is 1. The van der Waals surface area contributed by atoms with Gasteiger partial charge < -0.3 is 15.0 Å². The second-order valence-electron chi connectivity index (χ2n) is 5.11. The van der Waals surface area contributed by atoms with Crippen molar-refractivity contribution in [3.05, 3.63) is 0 Å². The molecule has 0 saturated heterocycles. The first-order chi connectivity index (χ1) is 7.87. The Morgan fingerprint density at radius 1 is 1.41 bits per heavy atom. The van der Waals surface area contributed by atoms with Crippen molar-refractivity contribution < 1.29 is 9.53 Å². The second kappa shape index (κ2) is 7.67. The summed E-state index contributed by atoms with van der Waals surface area (Å²) in [6.45, 7) is 7.34. The van der Waals surface area contributed by atoms with E-state index in [1.165, 1.54) is 7.11 Å². The minimum absolute atomic E-state index is 0.183. The Labute approximate surface area is 106 Å². The third kappa shape index (κ3) is 5.50. The average molecular weight is 244 g/mol. The van der Waals surface area contributed by atoms with E-state index in [0.29, 0.717) is 6.04 Å². The summed E-state index contributed by atoms with van der Waals surface area (Å²) in [5, 5.41) is 3.05. The zero-order valence-electron chi connectivity index (χ0n) is 12.2. The maximum Gasteiger partial charge on any atom is 0.325 e. The number of hydrogen-bond acceptors (Lipinski definition) is 4. The van der Waals surface area contributed by atoms with E-state index in [2.05, 4.69) is 31.1 Å². The highest BCUT2D eigenvalue weighted by Crippen LogP contribution is 2.15. The summed E-state index contributed by atoms with van der Waals surface area (Å²) in [6, 6.07) is 0.575. The molecule has 0 heterocycles. The minimum atomic E-state index is -0.550. The van der Waals surface area contributed by atoms with Gasteiger partial charge in [-0.25, -0.2) is 0 Å². The van der Waals surface area contributed by atoms with Crippen LogP contribution in [0.15, 0.2) is 0 Å². The zero-order valence-corrected chi connectivity index (χ0v) is 12.2. The first-order valence-corrected chi connectivity index (χ1v) is 6.35. The van der Waals surface area contributed by atoms with Gasteiger partial charge in [0.25, 0.3) is 0 Å². The highest BCUT2D eigenvalue weighted by Gasteiger charge is 2.31. The largest absolute Gasteiger partial charge is 0.468 e.